The molecule has 0 spiro atoms. The summed E-state index contributed by atoms with van der Waals surface area (Å²) in [5.41, 5.74) is -1.27. The first-order valence-corrected chi connectivity index (χ1v) is 6.61. The Morgan fingerprint density at radius 2 is 2.33 bits per heavy atom. The molecule has 5 nitrogen and oxygen atoms in total. The first-order chi connectivity index (χ1) is 8.57. The zero-order valence-electron chi connectivity index (χ0n) is 10.1. The predicted octanol–water partition coefficient (Wildman–Crippen LogP) is 1.28. The van der Waals surface area contributed by atoms with E-state index in [-0.39, 0.29) is 12.5 Å². The topological polar surface area (TPSA) is 75.6 Å². The minimum absolute atomic E-state index is 0.0279. The van der Waals surface area contributed by atoms with E-state index in [1.165, 1.54) is 11.3 Å². The third-order valence-corrected chi connectivity index (χ3v) is 4.25. The molecule has 0 aromatic carbocycles. The van der Waals surface area contributed by atoms with Crippen molar-refractivity contribution < 1.29 is 19.4 Å². The Hall–Kier alpha value is -1.40. The summed E-state index contributed by atoms with van der Waals surface area (Å²) >= 11 is 1.39. The molecular formula is C12H15NO4S. The maximum absolute atomic E-state index is 12.0. The highest BCUT2D eigenvalue weighted by atomic mass is 32.1. The number of carboxylic acids is 1. The minimum Gasteiger partial charge on any atom is -0.479 e. The average Bonchev–Trinajstić information content (AvgIpc) is 2.97. The summed E-state index contributed by atoms with van der Waals surface area (Å²) in [6.45, 7) is 2.40. The fourth-order valence-corrected chi connectivity index (χ4v) is 2.70. The lowest BCUT2D eigenvalue weighted by Gasteiger charge is -2.23. The standard InChI is InChI=1S/C12H15NO4S/c1-2-8-3-4-9(18-8)10(14)13-12(11(15)16)5-6-17-7-12/h3-4H,2,5-7H2,1H3,(H,13,14)(H,15,16). The zero-order valence-corrected chi connectivity index (χ0v) is 10.9. The quantitative estimate of drug-likeness (QED) is 0.863. The summed E-state index contributed by atoms with van der Waals surface area (Å²) in [4.78, 5) is 24.9. The molecule has 1 fully saturated rings. The van der Waals surface area contributed by atoms with Gasteiger partial charge in [-0.05, 0) is 18.6 Å². The van der Waals surface area contributed by atoms with E-state index in [0.29, 0.717) is 17.9 Å². The smallest absolute Gasteiger partial charge is 0.331 e. The third kappa shape index (κ3) is 2.39. The van der Waals surface area contributed by atoms with Crippen LogP contribution in [0.2, 0.25) is 0 Å². The molecule has 18 heavy (non-hydrogen) atoms. The first kappa shape index (κ1) is 13.0. The number of carbonyl (C=O) groups is 2. The molecule has 1 saturated heterocycles. The molecule has 6 heteroatoms. The Morgan fingerprint density at radius 3 is 2.83 bits per heavy atom. The van der Waals surface area contributed by atoms with E-state index in [0.717, 1.165) is 11.3 Å². The summed E-state index contributed by atoms with van der Waals surface area (Å²) in [5.74, 6) is -1.38. The molecule has 1 amide bonds. The summed E-state index contributed by atoms with van der Waals surface area (Å²) in [7, 11) is 0. The van der Waals surface area contributed by atoms with E-state index in [1.54, 1.807) is 6.07 Å². The Balaban J connectivity index is 2.12. The van der Waals surface area contributed by atoms with Crippen molar-refractivity contribution in [2.75, 3.05) is 13.2 Å². The van der Waals surface area contributed by atoms with Gasteiger partial charge in [-0.1, -0.05) is 6.92 Å². The van der Waals surface area contributed by atoms with Crippen LogP contribution in [0.1, 0.15) is 27.9 Å². The molecule has 1 atom stereocenters. The molecule has 2 N–H and O–H groups in total. The predicted molar refractivity (Wildman–Crippen MR) is 67.0 cm³/mol. The van der Waals surface area contributed by atoms with Crippen molar-refractivity contribution in [3.05, 3.63) is 21.9 Å². The van der Waals surface area contributed by atoms with Crippen LogP contribution in [0.3, 0.4) is 0 Å². The number of thiophene rings is 1. The summed E-state index contributed by atoms with van der Waals surface area (Å²) in [5, 5.41) is 11.8. The first-order valence-electron chi connectivity index (χ1n) is 5.80. The van der Waals surface area contributed by atoms with E-state index in [1.807, 2.05) is 13.0 Å². The molecule has 1 aromatic heterocycles. The fraction of sp³-hybridized carbons (Fsp3) is 0.500. The number of aryl methyl sites for hydroxylation is 1. The van der Waals surface area contributed by atoms with Crippen LogP contribution >= 0.6 is 11.3 Å². The minimum atomic E-state index is -1.27. The SMILES string of the molecule is CCc1ccc(C(=O)NC2(C(=O)O)CCOC2)s1. The van der Waals surface area contributed by atoms with Gasteiger partial charge in [-0.25, -0.2) is 4.79 Å². The van der Waals surface area contributed by atoms with E-state index in [9.17, 15) is 14.7 Å². The molecule has 0 bridgehead atoms. The fourth-order valence-electron chi connectivity index (χ4n) is 1.85. The summed E-state index contributed by atoms with van der Waals surface area (Å²) < 4.78 is 5.09. The van der Waals surface area contributed by atoms with Gasteiger partial charge in [0.15, 0.2) is 5.54 Å². The number of rotatable bonds is 4. The highest BCUT2D eigenvalue weighted by Crippen LogP contribution is 2.22. The van der Waals surface area contributed by atoms with Gasteiger partial charge in [0.25, 0.3) is 5.91 Å². The van der Waals surface area contributed by atoms with E-state index < -0.39 is 11.5 Å². The maximum Gasteiger partial charge on any atom is 0.331 e. The van der Waals surface area contributed by atoms with E-state index in [2.05, 4.69) is 5.32 Å². The molecule has 1 unspecified atom stereocenters. The molecule has 0 aliphatic carbocycles. The Labute approximate surface area is 109 Å². The molecule has 2 heterocycles. The largest absolute Gasteiger partial charge is 0.479 e. The van der Waals surface area contributed by atoms with Crippen LogP contribution in [0.4, 0.5) is 0 Å². The van der Waals surface area contributed by atoms with E-state index in [4.69, 9.17) is 4.74 Å². The number of carboxylic acid groups (broad SMARTS) is 1. The molecule has 98 valence electrons. The van der Waals surface area contributed by atoms with Crippen LogP contribution in [0.15, 0.2) is 12.1 Å². The van der Waals surface area contributed by atoms with Crippen LogP contribution in [0.25, 0.3) is 0 Å². The second kappa shape index (κ2) is 5.07. The molecule has 0 radical (unpaired) electrons. The van der Waals surface area contributed by atoms with Gasteiger partial charge in [-0.3, -0.25) is 4.79 Å². The Morgan fingerprint density at radius 1 is 1.56 bits per heavy atom. The van der Waals surface area contributed by atoms with Crippen LogP contribution in [-0.2, 0) is 16.0 Å². The number of carbonyl (C=O) groups excluding carboxylic acids is 1. The number of hydrogen-bond acceptors (Lipinski definition) is 4. The van der Waals surface area contributed by atoms with Gasteiger partial charge in [0.1, 0.15) is 0 Å². The summed E-state index contributed by atoms with van der Waals surface area (Å²) in [6, 6.07) is 3.61. The Kier molecular flexibility index (Phi) is 3.68. The number of nitrogens with one attached hydrogen (secondary N) is 1. The van der Waals surface area contributed by atoms with Gasteiger partial charge in [-0.2, -0.15) is 0 Å². The number of ether oxygens (including phenoxy) is 1. The second-order valence-corrected chi connectivity index (χ2v) is 5.43. The third-order valence-electron chi connectivity index (χ3n) is 3.02. The summed E-state index contributed by atoms with van der Waals surface area (Å²) in [6.07, 6.45) is 1.17. The molecule has 1 aliphatic heterocycles. The van der Waals surface area contributed by atoms with Crippen molar-refractivity contribution in [3.63, 3.8) is 0 Å². The van der Waals surface area contributed by atoms with Crippen molar-refractivity contribution in [1.82, 2.24) is 5.32 Å². The lowest BCUT2D eigenvalue weighted by Crippen LogP contribution is -2.55. The normalized spacial score (nSPS) is 22.9. The van der Waals surface area contributed by atoms with Crippen LogP contribution < -0.4 is 5.32 Å². The van der Waals surface area contributed by atoms with Gasteiger partial charge >= 0.3 is 5.97 Å². The molecule has 2 rings (SSSR count). The van der Waals surface area contributed by atoms with Gasteiger partial charge < -0.3 is 15.2 Å². The lowest BCUT2D eigenvalue weighted by atomic mass is 9.99. The molecular weight excluding hydrogens is 254 g/mol. The average molecular weight is 269 g/mol. The van der Waals surface area contributed by atoms with Crippen LogP contribution in [0.5, 0.6) is 0 Å². The maximum atomic E-state index is 12.0. The van der Waals surface area contributed by atoms with Gasteiger partial charge in [0.05, 0.1) is 11.5 Å². The van der Waals surface area contributed by atoms with Crippen molar-refractivity contribution in [1.29, 1.82) is 0 Å². The highest BCUT2D eigenvalue weighted by Gasteiger charge is 2.44. The van der Waals surface area contributed by atoms with E-state index >= 15 is 0 Å². The van der Waals surface area contributed by atoms with Gasteiger partial charge in [-0.15, -0.1) is 11.3 Å². The second-order valence-electron chi connectivity index (χ2n) is 4.26. The van der Waals surface area contributed by atoms with Crippen molar-refractivity contribution >= 4 is 23.2 Å². The number of aliphatic carboxylic acids is 1. The highest BCUT2D eigenvalue weighted by molar-refractivity contribution is 7.14. The van der Waals surface area contributed by atoms with Crippen LogP contribution in [-0.4, -0.2) is 35.7 Å². The van der Waals surface area contributed by atoms with Crippen molar-refractivity contribution in [2.24, 2.45) is 0 Å². The Bertz CT molecular complexity index is 462. The molecule has 1 aromatic rings. The monoisotopic (exact) mass is 269 g/mol. The van der Waals surface area contributed by atoms with Gasteiger partial charge in [0, 0.05) is 17.9 Å². The number of hydrogen-bond donors (Lipinski definition) is 2. The van der Waals surface area contributed by atoms with Crippen molar-refractivity contribution in [3.8, 4) is 0 Å². The van der Waals surface area contributed by atoms with Gasteiger partial charge in [0.2, 0.25) is 0 Å². The number of amides is 1. The molecule has 0 saturated carbocycles. The lowest BCUT2D eigenvalue weighted by molar-refractivity contribution is -0.144. The molecule has 1 aliphatic rings. The van der Waals surface area contributed by atoms with Crippen LogP contribution in [0, 0.1) is 0 Å². The van der Waals surface area contributed by atoms with Crippen molar-refractivity contribution in [2.45, 2.75) is 25.3 Å². The zero-order chi connectivity index (χ0) is 13.2.